The van der Waals surface area contributed by atoms with Crippen LogP contribution in [0.4, 0.5) is 5.82 Å². The van der Waals surface area contributed by atoms with Crippen LogP contribution in [0.5, 0.6) is 0 Å². The van der Waals surface area contributed by atoms with Crippen molar-refractivity contribution < 1.29 is 80.5 Å². The SMILES string of the molecule is CC/C=C\C/C=C\C/C=C\C/C=C\C/C=C\CCCC(=O)SCCNC(=O)CCNC(=O)[C@H](O)C(C)(C)COP(=O)([O-])OP(=O)([O-])OC[C@H]1O[C@@H](n2cnc3c(N)ncnc32)[C@H](O)[C@@H]1OP(=O)([O-])[O-]. The lowest BCUT2D eigenvalue weighted by molar-refractivity contribution is -0.347. The molecule has 28 heteroatoms. The largest absolute Gasteiger partial charge is 0.790 e. The molecule has 0 spiro atoms. The predicted octanol–water partition coefficient (Wildman–Crippen LogP) is 2.06. The summed E-state index contributed by atoms with van der Waals surface area (Å²) < 4.78 is 60.8. The molecule has 3 heterocycles. The van der Waals surface area contributed by atoms with Crippen LogP contribution in [-0.2, 0) is 50.7 Å². The third-order valence-corrected chi connectivity index (χ3v) is 13.6. The molecule has 2 unspecified atom stereocenters. The van der Waals surface area contributed by atoms with E-state index in [1.165, 1.54) is 13.8 Å². The molecule has 7 atom stereocenters. The third kappa shape index (κ3) is 22.5. The number of imidazole rings is 1. The standard InChI is InChI=1S/C41H64N7O17P3S/c1-4-5-6-7-8-9-10-11-12-13-14-15-16-17-18-19-20-21-32(50)69-25-24-43-31(49)22-23-44-39(53)36(52)41(2,3)27-62-68(59,60)65-67(57,58)61-26-30-35(64-66(54,55)56)34(51)40(63-30)48-29-47-33-37(42)45-28-46-38(33)48/h5-6,8-9,11-12,14-15,17-18,28-30,34-36,40,51-52H,4,7,10,13,16,19-27H2,1-3H3,(H,43,49)(H,44,53)(H,57,58)(H,59,60)(H2,42,45,46)(H2,54,55,56)/p-4/b6-5-,9-8-,12-11-,15-14-,18-17-/t30-,34-,35-,36+,40-/m1/s1. The van der Waals surface area contributed by atoms with Crippen LogP contribution in [0.25, 0.3) is 11.2 Å². The van der Waals surface area contributed by atoms with Crippen molar-refractivity contribution in [2.24, 2.45) is 5.41 Å². The highest BCUT2D eigenvalue weighted by atomic mass is 32.2. The summed E-state index contributed by atoms with van der Waals surface area (Å²) in [5.41, 5.74) is 4.08. The Hall–Kier alpha value is -3.74. The number of carbonyl (C=O) groups excluding carboxylic acids is 3. The summed E-state index contributed by atoms with van der Waals surface area (Å²) >= 11 is 1.10. The zero-order chi connectivity index (χ0) is 51.1. The average molecular weight is 1050 g/mol. The topological polar surface area (TPSA) is 375 Å². The van der Waals surface area contributed by atoms with E-state index in [9.17, 15) is 57.9 Å². The van der Waals surface area contributed by atoms with Gasteiger partial charge in [-0.05, 0) is 44.9 Å². The molecule has 0 saturated carbocycles. The minimum Gasteiger partial charge on any atom is -0.790 e. The zero-order valence-corrected chi connectivity index (χ0v) is 41.8. The second kappa shape index (κ2) is 29.6. The number of nitrogens with one attached hydrogen (secondary N) is 2. The van der Waals surface area contributed by atoms with Crippen molar-refractivity contribution in [3.8, 4) is 0 Å². The normalized spacial score (nSPS) is 20.4. The number of nitrogen functional groups attached to an aromatic ring is 1. The van der Waals surface area contributed by atoms with Gasteiger partial charge in [-0.25, -0.2) is 19.3 Å². The van der Waals surface area contributed by atoms with Gasteiger partial charge in [-0.15, -0.1) is 0 Å². The molecule has 24 nitrogen and oxygen atoms in total. The lowest BCUT2D eigenvalue weighted by Crippen LogP contribution is -2.46. The summed E-state index contributed by atoms with van der Waals surface area (Å²) in [6, 6.07) is 0. The number of hydrogen-bond acceptors (Lipinski definition) is 22. The Labute approximate surface area is 404 Å². The second-order valence-electron chi connectivity index (χ2n) is 15.8. The van der Waals surface area contributed by atoms with Crippen molar-refractivity contribution >= 4 is 69.1 Å². The molecule has 2 aromatic heterocycles. The van der Waals surface area contributed by atoms with E-state index in [2.05, 4.69) is 105 Å². The Morgan fingerprint density at radius 3 is 2.13 bits per heavy atom. The first-order chi connectivity index (χ1) is 32.6. The summed E-state index contributed by atoms with van der Waals surface area (Å²) in [7, 11) is -17.6. The molecule has 3 rings (SSSR count). The minimum atomic E-state index is -5.93. The van der Waals surface area contributed by atoms with E-state index in [1.54, 1.807) is 0 Å². The smallest absolute Gasteiger partial charge is 0.274 e. The van der Waals surface area contributed by atoms with E-state index in [-0.39, 0.29) is 41.6 Å². The molecule has 0 aliphatic carbocycles. The maximum atomic E-state index is 12.6. The molecule has 2 aromatic rings. The number of unbranched alkanes of at least 4 members (excludes halogenated alkanes) is 1. The van der Waals surface area contributed by atoms with Crippen LogP contribution >= 0.6 is 35.2 Å². The lowest BCUT2D eigenvalue weighted by atomic mass is 9.87. The minimum absolute atomic E-state index is 0.00256. The van der Waals surface area contributed by atoms with Crippen molar-refractivity contribution in [2.45, 2.75) is 109 Å². The fourth-order valence-corrected chi connectivity index (χ4v) is 9.53. The number of anilines is 1. The van der Waals surface area contributed by atoms with Gasteiger partial charge >= 0.3 is 0 Å². The number of aromatic nitrogens is 4. The van der Waals surface area contributed by atoms with Crippen LogP contribution in [-0.4, -0.2) is 103 Å². The molecule has 0 aromatic carbocycles. The van der Waals surface area contributed by atoms with E-state index >= 15 is 0 Å². The molecule has 386 valence electrons. The number of ether oxygens (including phenoxy) is 1. The van der Waals surface area contributed by atoms with Gasteiger partial charge in [-0.2, -0.15) is 0 Å². The van der Waals surface area contributed by atoms with Crippen LogP contribution in [0.3, 0.4) is 0 Å². The maximum absolute atomic E-state index is 12.6. The van der Waals surface area contributed by atoms with Crippen LogP contribution in [0, 0.1) is 5.41 Å². The lowest BCUT2D eigenvalue weighted by Gasteiger charge is -2.36. The number of fused-ring (bicyclic) bond motifs is 1. The number of aliphatic hydroxyl groups excluding tert-OH is 2. The van der Waals surface area contributed by atoms with Crippen LogP contribution < -0.4 is 35.9 Å². The molecule has 69 heavy (non-hydrogen) atoms. The van der Waals surface area contributed by atoms with E-state index < -0.39 is 84.6 Å². The number of rotatable bonds is 32. The Morgan fingerprint density at radius 1 is 0.899 bits per heavy atom. The van der Waals surface area contributed by atoms with Crippen molar-refractivity contribution in [1.29, 1.82) is 0 Å². The van der Waals surface area contributed by atoms with Crippen molar-refractivity contribution in [1.82, 2.24) is 30.2 Å². The number of allylic oxidation sites excluding steroid dienone is 10. The summed E-state index contributed by atoms with van der Waals surface area (Å²) in [6.07, 6.45) is 20.1. The summed E-state index contributed by atoms with van der Waals surface area (Å²) in [6.45, 7) is 2.22. The molecule has 2 amide bonds. The van der Waals surface area contributed by atoms with Crippen molar-refractivity contribution in [3.63, 3.8) is 0 Å². The third-order valence-electron chi connectivity index (χ3n) is 9.65. The van der Waals surface area contributed by atoms with Crippen LogP contribution in [0.2, 0.25) is 0 Å². The molecule has 1 aliphatic rings. The summed E-state index contributed by atoms with van der Waals surface area (Å²) in [5, 5.41) is 26.4. The molecule has 0 bridgehead atoms. The van der Waals surface area contributed by atoms with E-state index in [4.69, 9.17) is 10.5 Å². The number of thioether (sulfide) groups is 1. The van der Waals surface area contributed by atoms with Gasteiger partial charge in [0.1, 0.15) is 36.3 Å². The molecule has 1 fully saturated rings. The number of hydrogen-bond donors (Lipinski definition) is 5. The highest BCUT2D eigenvalue weighted by molar-refractivity contribution is 8.13. The number of aliphatic hydroxyl groups is 2. The summed E-state index contributed by atoms with van der Waals surface area (Å²) in [5.74, 6) is -1.20. The number of phosphoric acid groups is 3. The molecule has 1 aliphatic heterocycles. The molecular formula is C41H60N7O17P3S-4. The van der Waals surface area contributed by atoms with Gasteiger partial charge in [0.15, 0.2) is 22.8 Å². The Bertz CT molecular complexity index is 2270. The second-order valence-corrected chi connectivity index (χ2v) is 21.0. The van der Waals surface area contributed by atoms with Crippen molar-refractivity contribution in [3.05, 3.63) is 73.4 Å². The molecule has 0 radical (unpaired) electrons. The van der Waals surface area contributed by atoms with E-state index in [1.807, 2.05) is 6.08 Å². The zero-order valence-electron chi connectivity index (χ0n) is 38.3. The van der Waals surface area contributed by atoms with Crippen LogP contribution in [0.1, 0.15) is 84.8 Å². The van der Waals surface area contributed by atoms with Gasteiger partial charge in [0.05, 0.1) is 27.4 Å². The molecule has 6 N–H and O–H groups in total. The number of nitrogens with zero attached hydrogens (tertiary/aromatic N) is 4. The first-order valence-corrected chi connectivity index (χ1v) is 27.1. The maximum Gasteiger partial charge on any atom is 0.274 e. The van der Waals surface area contributed by atoms with Gasteiger partial charge in [-0.3, -0.25) is 28.1 Å². The first-order valence-electron chi connectivity index (χ1n) is 21.8. The Balaban J connectivity index is 1.31. The Kier molecular flexibility index (Phi) is 25.5. The number of carbonyl (C=O) groups is 3. The first kappa shape index (κ1) is 59.6. The molecule has 1 saturated heterocycles. The monoisotopic (exact) mass is 1050 g/mol. The van der Waals surface area contributed by atoms with Gasteiger partial charge < -0.3 is 69.0 Å². The fourth-order valence-electron chi connectivity index (χ4n) is 6.08. The van der Waals surface area contributed by atoms with Gasteiger partial charge in [0.2, 0.25) is 11.8 Å². The van der Waals surface area contributed by atoms with E-state index in [0.717, 1.165) is 67.5 Å². The average Bonchev–Trinajstić information content (AvgIpc) is 3.84. The fraction of sp³-hybridized carbons (Fsp3) is 0.561. The van der Waals surface area contributed by atoms with Gasteiger partial charge in [-0.1, -0.05) is 93.3 Å². The van der Waals surface area contributed by atoms with Gasteiger partial charge in [0.25, 0.3) is 15.6 Å². The predicted molar refractivity (Wildman–Crippen MR) is 247 cm³/mol. The van der Waals surface area contributed by atoms with E-state index in [0.29, 0.717) is 18.6 Å². The summed E-state index contributed by atoms with van der Waals surface area (Å²) in [4.78, 5) is 96.8. The highest BCUT2D eigenvalue weighted by Gasteiger charge is 2.47. The van der Waals surface area contributed by atoms with Crippen molar-refractivity contribution in [2.75, 3.05) is 37.8 Å². The molecular weight excluding hydrogens is 987 g/mol. The number of phosphoric ester groups is 3. The highest BCUT2D eigenvalue weighted by Crippen LogP contribution is 2.56. The number of amides is 2. The quantitative estimate of drug-likeness (QED) is 0.0398. The van der Waals surface area contributed by atoms with Gasteiger partial charge in [0, 0.05) is 37.1 Å². The Morgan fingerprint density at radius 2 is 1.51 bits per heavy atom. The van der Waals surface area contributed by atoms with Crippen LogP contribution in [0.15, 0.2) is 73.4 Å². The number of nitrogens with two attached hydrogens (primary N) is 1.